The van der Waals surface area contributed by atoms with E-state index in [4.69, 9.17) is 0 Å². The summed E-state index contributed by atoms with van der Waals surface area (Å²) in [6, 6.07) is 13.4. The van der Waals surface area contributed by atoms with Crippen LogP contribution in [0.3, 0.4) is 0 Å². The standard InChI is InChI=1S/C18H13N3OS2/c1-11-12(17-21-14-7-3-9-19-18(14)24-17)5-2-6-13(11)20-16(22)15-8-4-10-23-15/h2-10H,1H3,(H,20,22). The van der Waals surface area contributed by atoms with E-state index in [-0.39, 0.29) is 5.91 Å². The molecule has 24 heavy (non-hydrogen) atoms. The molecule has 1 aromatic carbocycles. The summed E-state index contributed by atoms with van der Waals surface area (Å²) in [6.07, 6.45) is 1.77. The van der Waals surface area contributed by atoms with Gasteiger partial charge in [-0.25, -0.2) is 9.97 Å². The van der Waals surface area contributed by atoms with Crippen molar-refractivity contribution < 1.29 is 4.79 Å². The minimum Gasteiger partial charge on any atom is -0.321 e. The van der Waals surface area contributed by atoms with Gasteiger partial charge < -0.3 is 5.32 Å². The predicted octanol–water partition coefficient (Wildman–Crippen LogP) is 4.98. The molecule has 4 aromatic rings. The number of nitrogens with one attached hydrogen (secondary N) is 1. The zero-order valence-corrected chi connectivity index (χ0v) is 14.4. The van der Waals surface area contributed by atoms with E-state index in [1.807, 2.05) is 54.8 Å². The Hall–Kier alpha value is -2.57. The lowest BCUT2D eigenvalue weighted by atomic mass is 10.1. The fourth-order valence-electron chi connectivity index (χ4n) is 2.48. The Kier molecular flexibility index (Phi) is 3.84. The Morgan fingerprint density at radius 1 is 1.12 bits per heavy atom. The van der Waals surface area contributed by atoms with Crippen molar-refractivity contribution in [2.45, 2.75) is 6.92 Å². The molecule has 0 saturated carbocycles. The van der Waals surface area contributed by atoms with Gasteiger partial charge in [-0.2, -0.15) is 0 Å². The lowest BCUT2D eigenvalue weighted by molar-refractivity contribution is 0.103. The SMILES string of the molecule is Cc1c(NC(=O)c2cccs2)cccc1-c1nc2cccnc2s1. The molecule has 0 aliphatic carbocycles. The van der Waals surface area contributed by atoms with Gasteiger partial charge in [-0.05, 0) is 42.1 Å². The fourth-order valence-corrected chi connectivity index (χ4v) is 4.09. The van der Waals surface area contributed by atoms with Crippen LogP contribution in [0.5, 0.6) is 0 Å². The van der Waals surface area contributed by atoms with Crippen molar-refractivity contribution in [2.24, 2.45) is 0 Å². The number of benzene rings is 1. The van der Waals surface area contributed by atoms with Crippen LogP contribution in [0.15, 0.2) is 54.0 Å². The quantitative estimate of drug-likeness (QED) is 0.566. The van der Waals surface area contributed by atoms with Crippen molar-refractivity contribution in [1.29, 1.82) is 0 Å². The van der Waals surface area contributed by atoms with Gasteiger partial charge in [0.2, 0.25) is 0 Å². The first kappa shape index (κ1) is 15.0. The normalized spacial score (nSPS) is 10.9. The van der Waals surface area contributed by atoms with Crippen LogP contribution in [0, 0.1) is 6.92 Å². The zero-order chi connectivity index (χ0) is 16.5. The van der Waals surface area contributed by atoms with E-state index in [0.717, 1.165) is 32.2 Å². The zero-order valence-electron chi connectivity index (χ0n) is 12.8. The number of pyridine rings is 1. The number of carbonyl (C=O) groups is 1. The maximum Gasteiger partial charge on any atom is 0.265 e. The molecule has 0 radical (unpaired) electrons. The molecule has 0 saturated heterocycles. The third kappa shape index (κ3) is 2.70. The average molecular weight is 351 g/mol. The summed E-state index contributed by atoms with van der Waals surface area (Å²) < 4.78 is 0. The molecule has 0 bridgehead atoms. The number of carbonyl (C=O) groups excluding carboxylic acids is 1. The van der Waals surface area contributed by atoms with E-state index in [0.29, 0.717) is 4.88 Å². The van der Waals surface area contributed by atoms with Crippen molar-refractivity contribution in [3.63, 3.8) is 0 Å². The van der Waals surface area contributed by atoms with E-state index in [1.54, 1.807) is 17.5 Å². The van der Waals surface area contributed by atoms with Crippen LogP contribution in [-0.4, -0.2) is 15.9 Å². The molecule has 3 heterocycles. The third-order valence-corrected chi connectivity index (χ3v) is 5.60. The molecule has 6 heteroatoms. The number of nitrogens with zero attached hydrogens (tertiary/aromatic N) is 2. The van der Waals surface area contributed by atoms with Gasteiger partial charge >= 0.3 is 0 Å². The average Bonchev–Trinajstić information content (AvgIpc) is 3.26. The highest BCUT2D eigenvalue weighted by Gasteiger charge is 2.14. The molecule has 0 aliphatic heterocycles. The predicted molar refractivity (Wildman–Crippen MR) is 99.9 cm³/mol. The monoisotopic (exact) mass is 351 g/mol. The van der Waals surface area contributed by atoms with Gasteiger partial charge in [0.1, 0.15) is 15.4 Å². The summed E-state index contributed by atoms with van der Waals surface area (Å²) >= 11 is 2.99. The maximum atomic E-state index is 12.3. The van der Waals surface area contributed by atoms with Gasteiger partial charge in [0, 0.05) is 17.4 Å². The van der Waals surface area contributed by atoms with Crippen LogP contribution in [-0.2, 0) is 0 Å². The second kappa shape index (κ2) is 6.14. The Morgan fingerprint density at radius 3 is 2.83 bits per heavy atom. The number of thiophene rings is 1. The molecule has 4 nitrogen and oxygen atoms in total. The number of hydrogen-bond acceptors (Lipinski definition) is 5. The summed E-state index contributed by atoms with van der Waals surface area (Å²) in [4.78, 5) is 22.9. The van der Waals surface area contributed by atoms with Crippen LogP contribution in [0.4, 0.5) is 5.69 Å². The van der Waals surface area contributed by atoms with Gasteiger partial charge in [0.05, 0.1) is 4.88 Å². The van der Waals surface area contributed by atoms with Gasteiger partial charge in [-0.1, -0.05) is 29.5 Å². The first-order valence-corrected chi connectivity index (χ1v) is 9.08. The minimum absolute atomic E-state index is 0.0868. The lowest BCUT2D eigenvalue weighted by Gasteiger charge is -2.10. The van der Waals surface area contributed by atoms with Gasteiger partial charge in [-0.15, -0.1) is 11.3 Å². The van der Waals surface area contributed by atoms with Crippen molar-refractivity contribution in [3.05, 3.63) is 64.5 Å². The van der Waals surface area contributed by atoms with E-state index >= 15 is 0 Å². The minimum atomic E-state index is -0.0868. The molecule has 0 spiro atoms. The summed E-state index contributed by atoms with van der Waals surface area (Å²) in [5.74, 6) is -0.0868. The van der Waals surface area contributed by atoms with E-state index < -0.39 is 0 Å². The number of anilines is 1. The number of aromatic nitrogens is 2. The molecule has 0 aliphatic rings. The lowest BCUT2D eigenvalue weighted by Crippen LogP contribution is -2.11. The second-order valence-electron chi connectivity index (χ2n) is 5.26. The molecule has 118 valence electrons. The fraction of sp³-hybridized carbons (Fsp3) is 0.0556. The molecule has 3 aromatic heterocycles. The molecule has 0 atom stereocenters. The van der Waals surface area contributed by atoms with Gasteiger partial charge in [0.15, 0.2) is 0 Å². The Morgan fingerprint density at radius 2 is 2.04 bits per heavy atom. The van der Waals surface area contributed by atoms with Gasteiger partial charge in [-0.3, -0.25) is 4.79 Å². The van der Waals surface area contributed by atoms with Crippen molar-refractivity contribution in [3.8, 4) is 10.6 Å². The Labute approximate surface area is 146 Å². The smallest absolute Gasteiger partial charge is 0.265 e. The number of amides is 1. The van der Waals surface area contributed by atoms with E-state index in [2.05, 4.69) is 15.3 Å². The highest BCUT2D eigenvalue weighted by molar-refractivity contribution is 7.21. The summed E-state index contributed by atoms with van der Waals surface area (Å²) in [6.45, 7) is 2.00. The number of hydrogen-bond donors (Lipinski definition) is 1. The Balaban J connectivity index is 1.71. The van der Waals surface area contributed by atoms with Crippen molar-refractivity contribution in [2.75, 3.05) is 5.32 Å². The highest BCUT2D eigenvalue weighted by atomic mass is 32.1. The maximum absolute atomic E-state index is 12.3. The summed E-state index contributed by atoms with van der Waals surface area (Å²) in [5, 5.41) is 5.79. The van der Waals surface area contributed by atoms with Crippen molar-refractivity contribution >= 4 is 44.6 Å². The van der Waals surface area contributed by atoms with Crippen LogP contribution in [0.25, 0.3) is 20.9 Å². The Bertz CT molecular complexity index is 989. The summed E-state index contributed by atoms with van der Waals surface area (Å²) in [7, 11) is 0. The summed E-state index contributed by atoms with van der Waals surface area (Å²) in [5.41, 5.74) is 3.71. The van der Waals surface area contributed by atoms with Crippen LogP contribution in [0.1, 0.15) is 15.2 Å². The van der Waals surface area contributed by atoms with Crippen LogP contribution < -0.4 is 5.32 Å². The highest BCUT2D eigenvalue weighted by Crippen LogP contribution is 2.33. The van der Waals surface area contributed by atoms with E-state index in [9.17, 15) is 4.79 Å². The molecule has 0 fully saturated rings. The topological polar surface area (TPSA) is 54.9 Å². The largest absolute Gasteiger partial charge is 0.321 e. The molecule has 4 rings (SSSR count). The van der Waals surface area contributed by atoms with Gasteiger partial charge in [0.25, 0.3) is 5.91 Å². The molecule has 0 unspecified atom stereocenters. The number of thiazole rings is 1. The third-order valence-electron chi connectivity index (χ3n) is 3.72. The van der Waals surface area contributed by atoms with E-state index in [1.165, 1.54) is 11.3 Å². The molecule has 1 N–H and O–H groups in total. The molecular weight excluding hydrogens is 338 g/mol. The molecule has 1 amide bonds. The first-order chi connectivity index (χ1) is 11.7. The molecular formula is C18H13N3OS2. The first-order valence-electron chi connectivity index (χ1n) is 7.39. The van der Waals surface area contributed by atoms with Crippen LogP contribution >= 0.6 is 22.7 Å². The van der Waals surface area contributed by atoms with Crippen molar-refractivity contribution in [1.82, 2.24) is 9.97 Å². The van der Waals surface area contributed by atoms with Crippen LogP contribution in [0.2, 0.25) is 0 Å². The second-order valence-corrected chi connectivity index (χ2v) is 7.18. The number of fused-ring (bicyclic) bond motifs is 1. The number of rotatable bonds is 3.